The Hall–Kier alpha value is -2.24. The first-order valence-electron chi connectivity index (χ1n) is 13.2. The lowest BCUT2D eigenvalue weighted by molar-refractivity contribution is -0.159. The zero-order valence-electron chi connectivity index (χ0n) is 20.6. The van der Waals surface area contributed by atoms with Gasteiger partial charge >= 0.3 is 5.97 Å². The summed E-state index contributed by atoms with van der Waals surface area (Å²) >= 11 is 0. The Morgan fingerprint density at radius 2 is 2.09 bits per heavy atom. The van der Waals surface area contributed by atoms with Gasteiger partial charge in [-0.3, -0.25) is 14.7 Å². The first kappa shape index (κ1) is 24.9. The van der Waals surface area contributed by atoms with E-state index in [9.17, 15) is 9.90 Å². The lowest BCUT2D eigenvalue weighted by Crippen LogP contribution is -2.55. The van der Waals surface area contributed by atoms with E-state index in [1.54, 1.807) is 0 Å². The normalized spacial score (nSPS) is 25.7. The molecule has 184 valence electrons. The predicted octanol–water partition coefficient (Wildman–Crippen LogP) is 5.83. The number of ether oxygens (including phenoxy) is 1. The Kier molecular flexibility index (Phi) is 8.74. The summed E-state index contributed by atoms with van der Waals surface area (Å²) in [6.45, 7) is 8.23. The number of hydrogen-bond acceptors (Lipinski definition) is 5. The minimum Gasteiger partial charge on any atom is -0.456 e. The van der Waals surface area contributed by atoms with Crippen LogP contribution in [-0.2, 0) is 9.53 Å². The minimum atomic E-state index is -0.641. The Balaban J connectivity index is 1.50. The van der Waals surface area contributed by atoms with Gasteiger partial charge in [0.05, 0.1) is 24.1 Å². The minimum absolute atomic E-state index is 0.0543. The number of carbonyl (C=O) groups excluding carboxylic acids is 1. The molecule has 0 spiro atoms. The van der Waals surface area contributed by atoms with Gasteiger partial charge in [0.1, 0.15) is 6.10 Å². The zero-order chi connectivity index (χ0) is 23.9. The molecule has 3 fully saturated rings. The topological polar surface area (TPSA) is 62.7 Å². The van der Waals surface area contributed by atoms with Crippen LogP contribution >= 0.6 is 0 Å². The largest absolute Gasteiger partial charge is 0.456 e. The van der Waals surface area contributed by atoms with Crippen LogP contribution in [0.15, 0.2) is 49.2 Å². The molecule has 1 aromatic heterocycles. The number of aliphatic hydroxyl groups is 1. The number of aromatic nitrogens is 1. The molecule has 2 aromatic rings. The maximum Gasteiger partial charge on any atom is 0.309 e. The molecule has 1 aromatic carbocycles. The maximum atomic E-state index is 13.0. The number of pyridine rings is 1. The predicted molar refractivity (Wildman–Crippen MR) is 136 cm³/mol. The molecule has 2 unspecified atom stereocenters. The molecule has 0 aliphatic carbocycles. The molecule has 4 heterocycles. The third kappa shape index (κ3) is 5.87. The van der Waals surface area contributed by atoms with Gasteiger partial charge in [0.15, 0.2) is 0 Å². The molecule has 34 heavy (non-hydrogen) atoms. The third-order valence-electron chi connectivity index (χ3n) is 7.79. The zero-order valence-corrected chi connectivity index (χ0v) is 20.6. The van der Waals surface area contributed by atoms with Crippen LogP contribution in [0.2, 0.25) is 0 Å². The molecule has 0 radical (unpaired) electrons. The second-order valence-corrected chi connectivity index (χ2v) is 10.1. The van der Waals surface area contributed by atoms with Gasteiger partial charge in [0.2, 0.25) is 0 Å². The van der Waals surface area contributed by atoms with Crippen molar-refractivity contribution >= 4 is 16.9 Å². The second-order valence-electron chi connectivity index (χ2n) is 10.1. The average Bonchev–Trinajstić information content (AvgIpc) is 2.87. The number of hydrogen-bond donors (Lipinski definition) is 1. The van der Waals surface area contributed by atoms with Crippen molar-refractivity contribution in [1.82, 2.24) is 9.88 Å². The third-order valence-corrected chi connectivity index (χ3v) is 7.79. The van der Waals surface area contributed by atoms with Crippen molar-refractivity contribution in [3.63, 3.8) is 0 Å². The van der Waals surface area contributed by atoms with Gasteiger partial charge in [-0.25, -0.2) is 0 Å². The summed E-state index contributed by atoms with van der Waals surface area (Å²) in [5.41, 5.74) is 1.92. The van der Waals surface area contributed by atoms with E-state index < -0.39 is 6.10 Å². The van der Waals surface area contributed by atoms with Gasteiger partial charge in [-0.1, -0.05) is 63.3 Å². The Labute approximate surface area is 204 Å². The van der Waals surface area contributed by atoms with E-state index in [0.717, 1.165) is 48.8 Å². The number of fused-ring (bicyclic) bond motifs is 4. The van der Waals surface area contributed by atoms with Crippen LogP contribution in [0, 0.1) is 11.8 Å². The molecule has 1 N–H and O–H groups in total. The first-order valence-corrected chi connectivity index (χ1v) is 13.2. The fourth-order valence-corrected chi connectivity index (χ4v) is 5.88. The Bertz CT molecular complexity index is 956. The average molecular weight is 465 g/mol. The van der Waals surface area contributed by atoms with Crippen molar-refractivity contribution < 1.29 is 14.6 Å². The summed E-state index contributed by atoms with van der Waals surface area (Å²) in [6.07, 6.45) is 11.4. The van der Waals surface area contributed by atoms with Crippen LogP contribution in [0.5, 0.6) is 0 Å². The van der Waals surface area contributed by atoms with Gasteiger partial charge in [0.25, 0.3) is 0 Å². The van der Waals surface area contributed by atoms with Gasteiger partial charge in [0, 0.05) is 23.7 Å². The van der Waals surface area contributed by atoms with Crippen molar-refractivity contribution in [3.8, 4) is 0 Å². The number of para-hydroxylation sites is 1. The Morgan fingerprint density at radius 1 is 1.26 bits per heavy atom. The highest BCUT2D eigenvalue weighted by molar-refractivity contribution is 5.82. The molecule has 6 atom stereocenters. The SMILES string of the molecule is C=C[C@H]1CN2CC[C@H]1C[C@H]2[C@H](OC(=O)CC(O)CCCCCCC)c1ccnc2ccccc12. The molecule has 5 heteroatoms. The fraction of sp³-hybridized carbons (Fsp3) is 0.586. The molecule has 2 bridgehead atoms. The van der Waals surface area contributed by atoms with Gasteiger partial charge < -0.3 is 9.84 Å². The van der Waals surface area contributed by atoms with Crippen molar-refractivity contribution in [2.45, 2.75) is 83.0 Å². The number of aliphatic hydroxyl groups excluding tert-OH is 1. The summed E-state index contributed by atoms with van der Waals surface area (Å²) in [7, 11) is 0. The van der Waals surface area contributed by atoms with Gasteiger partial charge in [-0.2, -0.15) is 0 Å². The standard InChI is InChI=1S/C29H40N2O3/c1-3-5-6-7-8-11-23(32)19-28(33)34-29(25-14-16-30-26-13-10-9-12-24(25)26)27-18-22-15-17-31(27)20-21(22)4-2/h4,9-10,12-14,16,21-23,27,29,32H,2-3,5-8,11,15,17-20H2,1H3/t21-,22-,23?,27-,29+/m0/s1. The molecule has 3 aliphatic rings. The molecule has 0 saturated carbocycles. The highest BCUT2D eigenvalue weighted by atomic mass is 16.5. The summed E-state index contributed by atoms with van der Waals surface area (Å²) in [5.74, 6) is 0.774. The number of benzene rings is 1. The van der Waals surface area contributed by atoms with E-state index in [2.05, 4.69) is 35.5 Å². The van der Waals surface area contributed by atoms with Gasteiger partial charge in [-0.05, 0) is 49.8 Å². The number of rotatable bonds is 12. The summed E-state index contributed by atoms with van der Waals surface area (Å²) in [5, 5.41) is 11.5. The number of piperidine rings is 3. The van der Waals surface area contributed by atoms with E-state index >= 15 is 0 Å². The number of carbonyl (C=O) groups is 1. The second kappa shape index (κ2) is 11.9. The molecule has 3 saturated heterocycles. The van der Waals surface area contributed by atoms with E-state index in [0.29, 0.717) is 18.3 Å². The number of unbranched alkanes of at least 4 members (excludes halogenated alkanes) is 4. The van der Waals surface area contributed by atoms with Crippen molar-refractivity contribution in [2.75, 3.05) is 13.1 Å². The summed E-state index contributed by atoms with van der Waals surface area (Å²) in [4.78, 5) is 20.0. The first-order chi connectivity index (χ1) is 16.6. The van der Waals surface area contributed by atoms with Crippen molar-refractivity contribution in [1.29, 1.82) is 0 Å². The Morgan fingerprint density at radius 3 is 2.85 bits per heavy atom. The lowest BCUT2D eigenvalue weighted by Gasteiger charge is -2.51. The highest BCUT2D eigenvalue weighted by Gasteiger charge is 2.44. The monoisotopic (exact) mass is 464 g/mol. The summed E-state index contributed by atoms with van der Waals surface area (Å²) < 4.78 is 6.23. The molecular weight excluding hydrogens is 424 g/mol. The van der Waals surface area contributed by atoms with Crippen LogP contribution in [0.4, 0.5) is 0 Å². The quantitative estimate of drug-likeness (QED) is 0.243. The maximum absolute atomic E-state index is 13.0. The fourth-order valence-electron chi connectivity index (χ4n) is 5.88. The van der Waals surface area contributed by atoms with Crippen molar-refractivity contribution in [3.05, 3.63) is 54.7 Å². The molecule has 0 amide bonds. The molecule has 5 nitrogen and oxygen atoms in total. The van der Waals surface area contributed by atoms with Crippen LogP contribution in [0.1, 0.15) is 76.4 Å². The van der Waals surface area contributed by atoms with Gasteiger partial charge in [-0.15, -0.1) is 6.58 Å². The molecule has 5 rings (SSSR count). The van der Waals surface area contributed by atoms with Crippen molar-refractivity contribution in [2.24, 2.45) is 11.8 Å². The lowest BCUT2D eigenvalue weighted by atomic mass is 9.73. The number of esters is 1. The van der Waals surface area contributed by atoms with Crippen LogP contribution in [-0.4, -0.2) is 46.2 Å². The van der Waals surface area contributed by atoms with Crippen LogP contribution < -0.4 is 0 Å². The van der Waals surface area contributed by atoms with E-state index in [4.69, 9.17) is 4.74 Å². The van der Waals surface area contributed by atoms with Crippen LogP contribution in [0.25, 0.3) is 10.9 Å². The highest BCUT2D eigenvalue weighted by Crippen LogP contribution is 2.43. The summed E-state index contributed by atoms with van der Waals surface area (Å²) in [6, 6.07) is 10.2. The van der Waals surface area contributed by atoms with E-state index in [-0.39, 0.29) is 24.5 Å². The molecule has 3 aliphatic heterocycles. The smallest absolute Gasteiger partial charge is 0.309 e. The van der Waals surface area contributed by atoms with E-state index in [1.807, 2.05) is 30.5 Å². The van der Waals surface area contributed by atoms with Crippen LogP contribution in [0.3, 0.4) is 0 Å². The van der Waals surface area contributed by atoms with E-state index in [1.165, 1.54) is 25.7 Å². The number of nitrogens with zero attached hydrogens (tertiary/aromatic N) is 2. The molecular formula is C29H40N2O3.